The van der Waals surface area contributed by atoms with Crippen molar-refractivity contribution >= 4 is 53.9 Å². The minimum atomic E-state index is -1.31. The fourth-order valence-electron chi connectivity index (χ4n) is 5.27. The first-order valence-electron chi connectivity index (χ1n) is 16.6. The molecule has 1 aliphatic rings. The number of nitrogens with two attached hydrogens (primary N) is 3. The van der Waals surface area contributed by atoms with Gasteiger partial charge in [-0.15, -0.1) is 11.8 Å². The van der Waals surface area contributed by atoms with Gasteiger partial charge in [0.1, 0.15) is 24.4 Å². The standard InChI is InChI=1S/C32H55N9O6S2/c1-40-20-49-19-26(40)32(47)37-22(12-6-8-14-33)29(44)36-17-27(42)41(2)25(18-48)31(46)38-23(13-7-9-15-34)30(45)39-24(28(35)43)16-21-10-4-3-5-11-21/h3-5,10-11,22-27,42,48H,6-9,12-20,33-34H2,1-2H3,(H2,35,43)(H,36,44)(H,37,47)(H,38,46)(H,39,45)/t22-,23-,24-,25-,26?,27?/m0/s1. The number of thioether (sulfide) groups is 1. The molecule has 1 saturated heterocycles. The van der Waals surface area contributed by atoms with Gasteiger partial charge in [0.05, 0.1) is 18.6 Å². The summed E-state index contributed by atoms with van der Waals surface area (Å²) >= 11 is 5.96. The van der Waals surface area contributed by atoms with Crippen LogP contribution in [0.1, 0.15) is 44.1 Å². The molecule has 5 amide bonds. The Hall–Kier alpha value is -2.93. The Morgan fingerprint density at radius 1 is 0.939 bits per heavy atom. The molecule has 11 N–H and O–H groups in total. The molecule has 0 spiro atoms. The number of rotatable bonds is 23. The minimum Gasteiger partial charge on any atom is -0.376 e. The Kier molecular flexibility index (Phi) is 19.6. The molecule has 6 atom stereocenters. The van der Waals surface area contributed by atoms with Gasteiger partial charge in [-0.25, -0.2) is 0 Å². The molecule has 0 aliphatic carbocycles. The number of aliphatic hydroxyl groups excluding tert-OH is 1. The predicted molar refractivity (Wildman–Crippen MR) is 194 cm³/mol. The van der Waals surface area contributed by atoms with Crippen molar-refractivity contribution in [3.63, 3.8) is 0 Å². The quantitative estimate of drug-likeness (QED) is 0.0343. The molecule has 15 nitrogen and oxygen atoms in total. The molecule has 0 radical (unpaired) electrons. The third-order valence-corrected chi connectivity index (χ3v) is 9.89. The molecule has 0 aromatic heterocycles. The van der Waals surface area contributed by atoms with Crippen molar-refractivity contribution in [3.8, 4) is 0 Å². The third kappa shape index (κ3) is 14.4. The number of likely N-dealkylation sites (N-methyl/N-ethyl adjacent to an activating group) is 2. The van der Waals surface area contributed by atoms with Gasteiger partial charge in [0, 0.05) is 23.8 Å². The Labute approximate surface area is 299 Å². The van der Waals surface area contributed by atoms with Gasteiger partial charge in [0.25, 0.3) is 0 Å². The summed E-state index contributed by atoms with van der Waals surface area (Å²) in [6.45, 7) is 0.611. The number of carbonyl (C=O) groups is 5. The maximum Gasteiger partial charge on any atom is 0.243 e. The van der Waals surface area contributed by atoms with Crippen LogP contribution in [-0.2, 0) is 30.4 Å². The second kappa shape index (κ2) is 22.7. The van der Waals surface area contributed by atoms with Crippen LogP contribution in [0.15, 0.2) is 30.3 Å². The predicted octanol–water partition coefficient (Wildman–Crippen LogP) is -1.90. The second-order valence-corrected chi connectivity index (χ2v) is 13.6. The van der Waals surface area contributed by atoms with Crippen LogP contribution in [0.25, 0.3) is 0 Å². The van der Waals surface area contributed by atoms with Crippen LogP contribution in [0, 0.1) is 0 Å². The van der Waals surface area contributed by atoms with E-state index in [1.54, 1.807) is 11.8 Å². The molecule has 49 heavy (non-hydrogen) atoms. The van der Waals surface area contributed by atoms with Crippen molar-refractivity contribution < 1.29 is 29.1 Å². The zero-order chi connectivity index (χ0) is 36.3. The largest absolute Gasteiger partial charge is 0.376 e. The summed E-state index contributed by atoms with van der Waals surface area (Å²) in [4.78, 5) is 68.4. The van der Waals surface area contributed by atoms with Crippen LogP contribution < -0.4 is 38.5 Å². The molecule has 1 aromatic carbocycles. The first-order chi connectivity index (χ1) is 23.4. The highest BCUT2D eigenvalue weighted by Crippen LogP contribution is 2.19. The fraction of sp³-hybridized carbons (Fsp3) is 0.656. The third-order valence-electron chi connectivity index (χ3n) is 8.40. The van der Waals surface area contributed by atoms with Crippen LogP contribution in [0.4, 0.5) is 0 Å². The number of nitrogens with zero attached hydrogens (tertiary/aromatic N) is 2. The van der Waals surface area contributed by atoms with Gasteiger partial charge < -0.3 is 43.6 Å². The van der Waals surface area contributed by atoms with Crippen LogP contribution in [0.5, 0.6) is 0 Å². The normalized spacial score (nSPS) is 17.8. The number of carbonyl (C=O) groups excluding carboxylic acids is 5. The number of primary amides is 1. The molecule has 0 bridgehead atoms. The second-order valence-electron chi connectivity index (χ2n) is 12.2. The highest BCUT2D eigenvalue weighted by atomic mass is 32.2. The van der Waals surface area contributed by atoms with E-state index in [0.717, 1.165) is 11.4 Å². The summed E-state index contributed by atoms with van der Waals surface area (Å²) < 4.78 is 0. The van der Waals surface area contributed by atoms with E-state index in [4.69, 9.17) is 17.2 Å². The van der Waals surface area contributed by atoms with Crippen LogP contribution >= 0.6 is 24.4 Å². The van der Waals surface area contributed by atoms with Crippen molar-refractivity contribution in [3.05, 3.63) is 35.9 Å². The lowest BCUT2D eigenvalue weighted by atomic mass is 10.0. The average Bonchev–Trinajstić information content (AvgIpc) is 3.52. The van der Waals surface area contributed by atoms with Gasteiger partial charge >= 0.3 is 0 Å². The Morgan fingerprint density at radius 2 is 1.53 bits per heavy atom. The maximum atomic E-state index is 13.5. The number of aliphatic hydroxyl groups is 1. The molecule has 276 valence electrons. The van der Waals surface area contributed by atoms with Crippen molar-refractivity contribution in [2.75, 3.05) is 51.1 Å². The van der Waals surface area contributed by atoms with Crippen molar-refractivity contribution in [1.29, 1.82) is 0 Å². The van der Waals surface area contributed by atoms with E-state index in [2.05, 4.69) is 33.9 Å². The Bertz CT molecular complexity index is 1200. The minimum absolute atomic E-state index is 0.0207. The van der Waals surface area contributed by atoms with E-state index in [-0.39, 0.29) is 37.1 Å². The number of nitrogens with one attached hydrogen (secondary N) is 4. The van der Waals surface area contributed by atoms with Gasteiger partial charge in [-0.3, -0.25) is 33.8 Å². The van der Waals surface area contributed by atoms with E-state index in [9.17, 15) is 29.1 Å². The lowest BCUT2D eigenvalue weighted by Crippen LogP contribution is -2.59. The summed E-state index contributed by atoms with van der Waals surface area (Å²) in [6, 6.07) is 4.92. The molecule has 1 aliphatic heterocycles. The highest BCUT2D eigenvalue weighted by Gasteiger charge is 2.33. The molecule has 17 heteroatoms. The summed E-state index contributed by atoms with van der Waals surface area (Å²) in [7, 11) is 3.35. The van der Waals surface area contributed by atoms with E-state index >= 15 is 0 Å². The number of hydrogen-bond donors (Lipinski definition) is 9. The van der Waals surface area contributed by atoms with Crippen LogP contribution in [0.2, 0.25) is 0 Å². The topological polar surface area (TPSA) is 238 Å². The van der Waals surface area contributed by atoms with Gasteiger partial charge in [0.15, 0.2) is 0 Å². The molecular formula is C32H55N9O6S2. The monoisotopic (exact) mass is 725 g/mol. The van der Waals surface area contributed by atoms with Gasteiger partial charge in [-0.2, -0.15) is 12.6 Å². The zero-order valence-electron chi connectivity index (χ0n) is 28.5. The van der Waals surface area contributed by atoms with E-state index in [1.807, 2.05) is 42.3 Å². The lowest BCUT2D eigenvalue weighted by molar-refractivity contribution is -0.135. The van der Waals surface area contributed by atoms with Gasteiger partial charge in [-0.05, 0) is 71.3 Å². The summed E-state index contributed by atoms with van der Waals surface area (Å²) in [5, 5.41) is 21.9. The number of amides is 5. The average molecular weight is 726 g/mol. The molecule has 1 aromatic rings. The zero-order valence-corrected chi connectivity index (χ0v) is 30.2. The summed E-state index contributed by atoms with van der Waals surface area (Å²) in [5.74, 6) is -1.25. The summed E-state index contributed by atoms with van der Waals surface area (Å²) in [5.41, 5.74) is 17.7. The fourth-order valence-corrected chi connectivity index (χ4v) is 6.89. The van der Waals surface area contributed by atoms with Crippen molar-refractivity contribution in [2.45, 2.75) is 81.4 Å². The maximum absolute atomic E-state index is 13.5. The van der Waals surface area contributed by atoms with Crippen molar-refractivity contribution in [1.82, 2.24) is 31.1 Å². The molecule has 2 rings (SSSR count). The van der Waals surface area contributed by atoms with Crippen LogP contribution in [-0.4, -0.2) is 132 Å². The van der Waals surface area contributed by atoms with Crippen LogP contribution in [0.3, 0.4) is 0 Å². The SMILES string of the molecule is CN1CSCC1C(=O)N[C@@H](CCCCN)C(=O)NCC(O)N(C)[C@@H](CS)C(=O)N[C@@H](CCCCN)C(=O)N[C@@H](Cc1ccccc1)C(N)=O. The Balaban J connectivity index is 2.05. The van der Waals surface area contributed by atoms with Gasteiger partial charge in [-0.1, -0.05) is 30.3 Å². The molecule has 2 unspecified atom stereocenters. The number of thiol groups is 1. The molecule has 1 heterocycles. The van der Waals surface area contributed by atoms with Crippen molar-refractivity contribution in [2.24, 2.45) is 17.2 Å². The smallest absolute Gasteiger partial charge is 0.243 e. The van der Waals surface area contributed by atoms with E-state index < -0.39 is 54.0 Å². The number of unbranched alkanes of at least 4 members (excludes halogenated alkanes) is 2. The Morgan fingerprint density at radius 3 is 2.06 bits per heavy atom. The summed E-state index contributed by atoms with van der Waals surface area (Å²) in [6.07, 6.45) is 1.95. The number of hydrogen-bond acceptors (Lipinski definition) is 12. The van der Waals surface area contributed by atoms with E-state index in [0.29, 0.717) is 50.9 Å². The van der Waals surface area contributed by atoms with E-state index in [1.165, 1.54) is 11.9 Å². The molecular weight excluding hydrogens is 671 g/mol. The first-order valence-corrected chi connectivity index (χ1v) is 18.4. The molecule has 1 fully saturated rings. The molecule has 0 saturated carbocycles. The number of benzene rings is 1. The highest BCUT2D eigenvalue weighted by molar-refractivity contribution is 7.99. The lowest BCUT2D eigenvalue weighted by Gasteiger charge is -2.32. The van der Waals surface area contributed by atoms with Gasteiger partial charge in [0.2, 0.25) is 29.5 Å². The first kappa shape index (κ1) is 42.2.